The summed E-state index contributed by atoms with van der Waals surface area (Å²) in [5.74, 6) is 0.400. The second-order valence-corrected chi connectivity index (χ2v) is 4.29. The Hall–Kier alpha value is -1.22. The molecule has 0 heterocycles. The summed E-state index contributed by atoms with van der Waals surface area (Å²) in [6.45, 7) is 4.27. The van der Waals surface area contributed by atoms with Crippen LogP contribution in [0.2, 0.25) is 0 Å². The minimum atomic E-state index is -0.209. The third kappa shape index (κ3) is 3.13. The average Bonchev–Trinajstić information content (AvgIpc) is 2.18. The van der Waals surface area contributed by atoms with Crippen LogP contribution in [0.25, 0.3) is 0 Å². The van der Waals surface area contributed by atoms with Gasteiger partial charge in [0, 0.05) is 11.6 Å². The van der Waals surface area contributed by atoms with Gasteiger partial charge in [-0.3, -0.25) is 0 Å². The highest BCUT2D eigenvalue weighted by molar-refractivity contribution is 5.45. The van der Waals surface area contributed by atoms with E-state index in [-0.39, 0.29) is 17.5 Å². The molecule has 0 radical (unpaired) electrons. The van der Waals surface area contributed by atoms with Gasteiger partial charge in [0.2, 0.25) is 0 Å². The van der Waals surface area contributed by atoms with Crippen molar-refractivity contribution in [3.8, 4) is 11.5 Å². The molecule has 1 atom stereocenters. The van der Waals surface area contributed by atoms with Crippen LogP contribution in [0.1, 0.15) is 38.3 Å². The van der Waals surface area contributed by atoms with Crippen LogP contribution in [0.4, 0.5) is 0 Å². The van der Waals surface area contributed by atoms with E-state index in [1.807, 2.05) is 0 Å². The largest absolute Gasteiger partial charge is 0.504 e. The van der Waals surface area contributed by atoms with Gasteiger partial charge in [-0.2, -0.15) is 0 Å². The smallest absolute Gasteiger partial charge is 0.162 e. The zero-order chi connectivity index (χ0) is 11.4. The Morgan fingerprint density at radius 2 is 1.87 bits per heavy atom. The van der Waals surface area contributed by atoms with E-state index in [4.69, 9.17) is 5.73 Å². The van der Waals surface area contributed by atoms with Crippen molar-refractivity contribution in [2.45, 2.75) is 32.7 Å². The quantitative estimate of drug-likeness (QED) is 0.667. The van der Waals surface area contributed by atoms with E-state index in [1.165, 1.54) is 6.07 Å². The fourth-order valence-corrected chi connectivity index (χ4v) is 1.52. The highest BCUT2D eigenvalue weighted by atomic mass is 16.3. The fraction of sp³-hybridized carbons (Fsp3) is 0.500. The first-order chi connectivity index (χ1) is 7.02. The van der Waals surface area contributed by atoms with Gasteiger partial charge in [-0.25, -0.2) is 0 Å². The third-order valence-electron chi connectivity index (χ3n) is 2.50. The SMILES string of the molecule is CC(C)CC[C@@H](N)c1cccc(O)c1O. The van der Waals surface area contributed by atoms with Crippen LogP contribution in [0.3, 0.4) is 0 Å². The molecule has 0 fully saturated rings. The van der Waals surface area contributed by atoms with E-state index < -0.39 is 0 Å². The van der Waals surface area contributed by atoms with Gasteiger partial charge in [0.25, 0.3) is 0 Å². The number of phenols is 2. The van der Waals surface area contributed by atoms with E-state index in [9.17, 15) is 10.2 Å². The van der Waals surface area contributed by atoms with Crippen molar-refractivity contribution >= 4 is 0 Å². The Morgan fingerprint density at radius 3 is 2.47 bits per heavy atom. The number of para-hydroxylation sites is 1. The van der Waals surface area contributed by atoms with Crippen molar-refractivity contribution < 1.29 is 10.2 Å². The Morgan fingerprint density at radius 1 is 1.20 bits per heavy atom. The normalized spacial score (nSPS) is 13.1. The van der Waals surface area contributed by atoms with Crippen molar-refractivity contribution in [2.75, 3.05) is 0 Å². The van der Waals surface area contributed by atoms with Crippen LogP contribution < -0.4 is 5.73 Å². The molecular formula is C12H19NO2. The molecule has 1 rings (SSSR count). The van der Waals surface area contributed by atoms with Gasteiger partial charge in [-0.15, -0.1) is 0 Å². The molecular weight excluding hydrogens is 190 g/mol. The molecule has 4 N–H and O–H groups in total. The van der Waals surface area contributed by atoms with Crippen molar-refractivity contribution in [3.63, 3.8) is 0 Å². The van der Waals surface area contributed by atoms with Gasteiger partial charge in [0.05, 0.1) is 0 Å². The maximum absolute atomic E-state index is 9.60. The third-order valence-corrected chi connectivity index (χ3v) is 2.50. The highest BCUT2D eigenvalue weighted by Crippen LogP contribution is 2.33. The molecule has 0 unspecified atom stereocenters. The maximum atomic E-state index is 9.60. The van der Waals surface area contributed by atoms with Gasteiger partial charge < -0.3 is 15.9 Å². The summed E-state index contributed by atoms with van der Waals surface area (Å²) >= 11 is 0. The molecule has 0 amide bonds. The fourth-order valence-electron chi connectivity index (χ4n) is 1.52. The molecule has 84 valence electrons. The van der Waals surface area contributed by atoms with E-state index >= 15 is 0 Å². The van der Waals surface area contributed by atoms with E-state index in [0.29, 0.717) is 11.5 Å². The highest BCUT2D eigenvalue weighted by Gasteiger charge is 2.13. The van der Waals surface area contributed by atoms with Crippen LogP contribution in [0.5, 0.6) is 11.5 Å². The lowest BCUT2D eigenvalue weighted by atomic mass is 9.97. The second-order valence-electron chi connectivity index (χ2n) is 4.29. The molecule has 3 heteroatoms. The van der Waals surface area contributed by atoms with E-state index in [2.05, 4.69) is 13.8 Å². The lowest BCUT2D eigenvalue weighted by Gasteiger charge is -2.15. The van der Waals surface area contributed by atoms with Gasteiger partial charge >= 0.3 is 0 Å². The summed E-state index contributed by atoms with van der Waals surface area (Å²) in [7, 11) is 0. The van der Waals surface area contributed by atoms with E-state index in [1.54, 1.807) is 12.1 Å². The van der Waals surface area contributed by atoms with Crippen molar-refractivity contribution in [2.24, 2.45) is 11.7 Å². The molecule has 0 aromatic heterocycles. The summed E-state index contributed by atoms with van der Waals surface area (Å²) in [6.07, 6.45) is 1.82. The predicted molar refractivity (Wildman–Crippen MR) is 60.8 cm³/mol. The number of hydrogen-bond donors (Lipinski definition) is 3. The standard InChI is InChI=1S/C12H19NO2/c1-8(2)6-7-10(13)9-4-3-5-11(14)12(9)15/h3-5,8,10,14-15H,6-7,13H2,1-2H3/t10-/m1/s1. The number of nitrogens with two attached hydrogens (primary N) is 1. The molecule has 15 heavy (non-hydrogen) atoms. The van der Waals surface area contributed by atoms with Gasteiger partial charge in [0.15, 0.2) is 11.5 Å². The summed E-state index contributed by atoms with van der Waals surface area (Å²) < 4.78 is 0. The number of rotatable bonds is 4. The summed E-state index contributed by atoms with van der Waals surface area (Å²) in [5.41, 5.74) is 6.56. The molecule has 1 aromatic rings. The average molecular weight is 209 g/mol. The van der Waals surface area contributed by atoms with Crippen LogP contribution in [-0.4, -0.2) is 10.2 Å². The Balaban J connectivity index is 2.73. The summed E-state index contributed by atoms with van der Waals surface area (Å²) in [6, 6.07) is 4.69. The lowest BCUT2D eigenvalue weighted by Crippen LogP contribution is -2.11. The molecule has 1 aromatic carbocycles. The van der Waals surface area contributed by atoms with Gasteiger partial charge in [-0.1, -0.05) is 26.0 Å². The first kappa shape index (κ1) is 11.9. The van der Waals surface area contributed by atoms with Crippen LogP contribution in [-0.2, 0) is 0 Å². The Bertz CT molecular complexity index is 323. The lowest BCUT2D eigenvalue weighted by molar-refractivity contribution is 0.392. The van der Waals surface area contributed by atoms with Crippen LogP contribution in [0.15, 0.2) is 18.2 Å². The Labute approximate surface area is 90.5 Å². The van der Waals surface area contributed by atoms with Crippen LogP contribution >= 0.6 is 0 Å². The number of phenolic OH excluding ortho intramolecular Hbond substituents is 2. The molecule has 0 aliphatic heterocycles. The first-order valence-electron chi connectivity index (χ1n) is 5.28. The van der Waals surface area contributed by atoms with E-state index in [0.717, 1.165) is 12.8 Å². The number of hydrogen-bond acceptors (Lipinski definition) is 3. The van der Waals surface area contributed by atoms with Gasteiger partial charge in [0.1, 0.15) is 0 Å². The molecule has 0 aliphatic rings. The van der Waals surface area contributed by atoms with Crippen molar-refractivity contribution in [1.82, 2.24) is 0 Å². The number of aromatic hydroxyl groups is 2. The second kappa shape index (κ2) is 5.03. The zero-order valence-electron chi connectivity index (χ0n) is 9.27. The van der Waals surface area contributed by atoms with Crippen LogP contribution in [0, 0.1) is 5.92 Å². The molecule has 0 aliphatic carbocycles. The van der Waals surface area contributed by atoms with Crippen molar-refractivity contribution in [1.29, 1.82) is 0 Å². The monoisotopic (exact) mass is 209 g/mol. The number of benzene rings is 1. The van der Waals surface area contributed by atoms with Crippen molar-refractivity contribution in [3.05, 3.63) is 23.8 Å². The first-order valence-corrected chi connectivity index (χ1v) is 5.28. The topological polar surface area (TPSA) is 66.5 Å². The minimum absolute atomic E-state index is 0.0891. The predicted octanol–water partition coefficient (Wildman–Crippen LogP) is 2.53. The summed E-state index contributed by atoms with van der Waals surface area (Å²) in [5, 5.41) is 18.9. The molecule has 0 spiro atoms. The summed E-state index contributed by atoms with van der Waals surface area (Å²) in [4.78, 5) is 0. The molecule has 0 saturated carbocycles. The molecule has 0 saturated heterocycles. The zero-order valence-corrected chi connectivity index (χ0v) is 9.27. The maximum Gasteiger partial charge on any atom is 0.162 e. The van der Waals surface area contributed by atoms with Gasteiger partial charge in [-0.05, 0) is 24.8 Å². The minimum Gasteiger partial charge on any atom is -0.504 e. The Kier molecular flexibility index (Phi) is 3.97. The molecule has 3 nitrogen and oxygen atoms in total. The molecule has 0 bridgehead atoms.